The predicted molar refractivity (Wildman–Crippen MR) is 116 cm³/mol. The Kier molecular flexibility index (Phi) is 9.11. The van der Waals surface area contributed by atoms with E-state index in [0.717, 1.165) is 71.0 Å². The quantitative estimate of drug-likeness (QED) is 0.685. The van der Waals surface area contributed by atoms with Crippen LogP contribution in [0.25, 0.3) is 0 Å². The molecule has 2 N–H and O–H groups in total. The summed E-state index contributed by atoms with van der Waals surface area (Å²) in [5, 5.41) is 10.1. The second kappa shape index (κ2) is 12.0. The zero-order chi connectivity index (χ0) is 21.2. The third kappa shape index (κ3) is 6.79. The Bertz CT molecular complexity index is 683. The highest BCUT2D eigenvalue weighted by Gasteiger charge is 2.21. The molecule has 0 saturated carbocycles. The molecule has 0 spiro atoms. The number of carbonyl (C=O) groups is 2. The Hall–Kier alpha value is -1.96. The van der Waals surface area contributed by atoms with Gasteiger partial charge in [-0.25, -0.2) is 0 Å². The number of aryl methyl sites for hydroxylation is 2. The summed E-state index contributed by atoms with van der Waals surface area (Å²) in [6.07, 6.45) is 5.90. The van der Waals surface area contributed by atoms with Crippen molar-refractivity contribution in [3.8, 4) is 0 Å². The molecule has 166 valence electrons. The number of amides is 1. The van der Waals surface area contributed by atoms with Crippen molar-refractivity contribution in [2.75, 3.05) is 59.0 Å². The molecule has 2 saturated heterocycles. The van der Waals surface area contributed by atoms with Crippen LogP contribution in [0.3, 0.4) is 0 Å². The van der Waals surface area contributed by atoms with Crippen LogP contribution >= 0.6 is 0 Å². The van der Waals surface area contributed by atoms with E-state index in [1.54, 1.807) is 0 Å². The summed E-state index contributed by atoms with van der Waals surface area (Å²) < 4.78 is 5.42. The van der Waals surface area contributed by atoms with Crippen molar-refractivity contribution >= 4 is 12.4 Å². The lowest BCUT2D eigenvalue weighted by molar-refractivity contribution is -0.122. The van der Waals surface area contributed by atoms with Crippen LogP contribution in [0, 0.1) is 5.92 Å². The minimum Gasteiger partial charge on any atom is -0.483 e. The summed E-state index contributed by atoms with van der Waals surface area (Å²) >= 11 is 0. The molecule has 30 heavy (non-hydrogen) atoms. The SMILES string of the molecule is O=C(NCC1CCN(CCN2CCOCC2)CC1)c1ccc2c(c1)CCC2.O=CO. The highest BCUT2D eigenvalue weighted by molar-refractivity contribution is 5.94. The predicted octanol–water partition coefficient (Wildman–Crippen LogP) is 1.65. The number of carboxylic acid groups (broad SMARTS) is 1. The normalized spacial score (nSPS) is 20.1. The van der Waals surface area contributed by atoms with Gasteiger partial charge in [0.2, 0.25) is 0 Å². The fourth-order valence-electron chi connectivity index (χ4n) is 4.57. The Morgan fingerprint density at radius 2 is 1.70 bits per heavy atom. The molecule has 1 aromatic rings. The van der Waals surface area contributed by atoms with Gasteiger partial charge >= 0.3 is 0 Å². The van der Waals surface area contributed by atoms with E-state index in [0.29, 0.717) is 5.92 Å². The molecule has 1 aromatic carbocycles. The van der Waals surface area contributed by atoms with Gasteiger partial charge in [0.05, 0.1) is 13.2 Å². The molecule has 7 heteroatoms. The lowest BCUT2D eigenvalue weighted by Gasteiger charge is -2.34. The van der Waals surface area contributed by atoms with E-state index < -0.39 is 0 Å². The average Bonchev–Trinajstić information content (AvgIpc) is 3.26. The van der Waals surface area contributed by atoms with Gasteiger partial charge < -0.3 is 20.1 Å². The van der Waals surface area contributed by atoms with Gasteiger partial charge in [-0.3, -0.25) is 14.5 Å². The van der Waals surface area contributed by atoms with Crippen LogP contribution < -0.4 is 5.32 Å². The number of nitrogens with zero attached hydrogens (tertiary/aromatic N) is 2. The number of carbonyl (C=O) groups excluding carboxylic acids is 1. The molecule has 0 atom stereocenters. The van der Waals surface area contributed by atoms with Crippen LogP contribution in [0.4, 0.5) is 0 Å². The van der Waals surface area contributed by atoms with Crippen LogP contribution in [0.5, 0.6) is 0 Å². The van der Waals surface area contributed by atoms with Crippen LogP contribution in [0.2, 0.25) is 0 Å². The standard InChI is InChI=1S/C22H33N3O2.CH2O2/c26-22(21-5-4-19-2-1-3-20(19)16-21)23-17-18-6-8-24(9-7-18)10-11-25-12-14-27-15-13-25;2-1-3/h4-5,16,18H,1-3,6-15,17H2,(H,23,26);1H,(H,2,3). The number of morpholine rings is 1. The number of piperidine rings is 1. The molecular formula is C23H35N3O4. The highest BCUT2D eigenvalue weighted by atomic mass is 16.5. The van der Waals surface area contributed by atoms with E-state index in [9.17, 15) is 4.79 Å². The zero-order valence-electron chi connectivity index (χ0n) is 17.9. The fourth-order valence-corrected chi connectivity index (χ4v) is 4.57. The summed E-state index contributed by atoms with van der Waals surface area (Å²) in [6.45, 7) is 9.10. The van der Waals surface area contributed by atoms with E-state index in [2.05, 4.69) is 27.2 Å². The molecule has 0 radical (unpaired) electrons. The fraction of sp³-hybridized carbons (Fsp3) is 0.652. The minimum absolute atomic E-state index is 0.0967. The van der Waals surface area contributed by atoms with Crippen LogP contribution in [0.15, 0.2) is 18.2 Å². The summed E-state index contributed by atoms with van der Waals surface area (Å²) in [5.41, 5.74) is 3.63. The second-order valence-electron chi connectivity index (χ2n) is 8.39. The van der Waals surface area contributed by atoms with Crippen molar-refractivity contribution in [1.82, 2.24) is 15.1 Å². The van der Waals surface area contributed by atoms with Crippen molar-refractivity contribution in [1.29, 1.82) is 0 Å². The number of hydrogen-bond acceptors (Lipinski definition) is 5. The van der Waals surface area contributed by atoms with Crippen LogP contribution in [-0.4, -0.2) is 86.3 Å². The Labute approximate surface area is 179 Å². The smallest absolute Gasteiger partial charge is 0.290 e. The second-order valence-corrected chi connectivity index (χ2v) is 8.39. The van der Waals surface area contributed by atoms with Gasteiger partial charge in [-0.1, -0.05) is 6.07 Å². The topological polar surface area (TPSA) is 82.1 Å². The van der Waals surface area contributed by atoms with E-state index in [1.165, 1.54) is 36.8 Å². The molecule has 2 fully saturated rings. The van der Waals surface area contributed by atoms with Gasteiger partial charge in [-0.15, -0.1) is 0 Å². The number of likely N-dealkylation sites (tertiary alicyclic amines) is 1. The van der Waals surface area contributed by atoms with Crippen molar-refractivity contribution in [3.05, 3.63) is 34.9 Å². The maximum atomic E-state index is 12.5. The van der Waals surface area contributed by atoms with E-state index >= 15 is 0 Å². The van der Waals surface area contributed by atoms with Gasteiger partial charge in [0, 0.05) is 38.3 Å². The molecule has 2 aliphatic heterocycles. The van der Waals surface area contributed by atoms with Crippen LogP contribution in [-0.2, 0) is 22.4 Å². The molecule has 1 aliphatic carbocycles. The first-order chi connectivity index (χ1) is 14.7. The molecule has 7 nitrogen and oxygen atoms in total. The Morgan fingerprint density at radius 3 is 2.40 bits per heavy atom. The first-order valence-electron chi connectivity index (χ1n) is 11.2. The van der Waals surface area contributed by atoms with Crippen molar-refractivity contribution in [2.45, 2.75) is 32.1 Å². The molecule has 2 heterocycles. The minimum atomic E-state index is -0.250. The van der Waals surface area contributed by atoms with Crippen molar-refractivity contribution < 1.29 is 19.4 Å². The number of fused-ring (bicyclic) bond motifs is 1. The molecule has 3 aliphatic rings. The summed E-state index contributed by atoms with van der Waals surface area (Å²) in [7, 11) is 0. The summed E-state index contributed by atoms with van der Waals surface area (Å²) in [4.78, 5) is 25.9. The largest absolute Gasteiger partial charge is 0.483 e. The Balaban J connectivity index is 0.000000806. The molecule has 1 amide bonds. The molecule has 4 rings (SSSR count). The molecule has 0 unspecified atom stereocenters. The van der Waals surface area contributed by atoms with Gasteiger partial charge in [0.1, 0.15) is 0 Å². The first kappa shape index (κ1) is 22.7. The van der Waals surface area contributed by atoms with Gasteiger partial charge in [0.15, 0.2) is 0 Å². The number of ether oxygens (including phenoxy) is 1. The van der Waals surface area contributed by atoms with Gasteiger partial charge in [-0.2, -0.15) is 0 Å². The Morgan fingerprint density at radius 1 is 1.07 bits per heavy atom. The van der Waals surface area contributed by atoms with Crippen molar-refractivity contribution in [3.63, 3.8) is 0 Å². The van der Waals surface area contributed by atoms with Gasteiger partial charge in [0.25, 0.3) is 12.4 Å². The monoisotopic (exact) mass is 417 g/mol. The lowest BCUT2D eigenvalue weighted by atomic mass is 9.96. The molecule has 0 aromatic heterocycles. The molecular weight excluding hydrogens is 382 g/mol. The average molecular weight is 418 g/mol. The lowest BCUT2D eigenvalue weighted by Crippen LogP contribution is -2.44. The molecule has 0 bridgehead atoms. The number of hydrogen-bond donors (Lipinski definition) is 2. The van der Waals surface area contributed by atoms with E-state index in [-0.39, 0.29) is 12.4 Å². The van der Waals surface area contributed by atoms with Gasteiger partial charge in [-0.05, 0) is 74.4 Å². The summed E-state index contributed by atoms with van der Waals surface area (Å²) in [6, 6.07) is 6.24. The first-order valence-corrected chi connectivity index (χ1v) is 11.2. The number of benzene rings is 1. The summed E-state index contributed by atoms with van der Waals surface area (Å²) in [5.74, 6) is 0.711. The van der Waals surface area contributed by atoms with Crippen molar-refractivity contribution in [2.24, 2.45) is 5.92 Å². The maximum absolute atomic E-state index is 12.5. The highest BCUT2D eigenvalue weighted by Crippen LogP contribution is 2.23. The third-order valence-electron chi connectivity index (χ3n) is 6.46. The maximum Gasteiger partial charge on any atom is 0.290 e. The zero-order valence-corrected chi connectivity index (χ0v) is 17.9. The van der Waals surface area contributed by atoms with E-state index in [4.69, 9.17) is 14.6 Å². The number of nitrogens with one attached hydrogen (secondary N) is 1. The third-order valence-corrected chi connectivity index (χ3v) is 6.46. The van der Waals surface area contributed by atoms with E-state index in [1.807, 2.05) is 6.07 Å². The van der Waals surface area contributed by atoms with Crippen LogP contribution in [0.1, 0.15) is 40.7 Å². The number of rotatable bonds is 6.